The van der Waals surface area contributed by atoms with E-state index in [2.05, 4.69) is 72.5 Å². The minimum Gasteiger partial charge on any atom is -0.384 e. The topological polar surface area (TPSA) is 69.0 Å². The average Bonchev–Trinajstić information content (AvgIpc) is 3.04. The summed E-state index contributed by atoms with van der Waals surface area (Å²) < 4.78 is 0. The van der Waals surface area contributed by atoms with Gasteiger partial charge in [-0.05, 0) is 101 Å². The molecule has 0 spiro atoms. The van der Waals surface area contributed by atoms with E-state index in [1.54, 1.807) is 0 Å². The van der Waals surface area contributed by atoms with Crippen molar-refractivity contribution in [3.8, 4) is 0 Å². The minimum absolute atomic E-state index is 0.490. The molecule has 1 aliphatic carbocycles. The smallest absolute Gasteiger partial charge is 0.144 e. The molecule has 0 saturated heterocycles. The highest BCUT2D eigenvalue weighted by Crippen LogP contribution is 2.41. The summed E-state index contributed by atoms with van der Waals surface area (Å²) in [5.41, 5.74) is 7.92. The standard InChI is InChI=1S/C42H75N3O/c1-3-5-7-9-11-13-15-17-19-21-23-25-27-29-31-33-35-40-37-41(39-42(46,38-40)44-45-43)36-34-32-30-28-26-24-22-20-18-16-14-12-10-8-6-4-2/h11-14,17-20,40-41,46H,3-10,15-16,21-39H2,1-2H3/b13-11-,14-12-,19-17-,20-18-. The second-order valence-electron chi connectivity index (χ2n) is 14.3. The molecule has 1 N–H and O–H groups in total. The zero-order chi connectivity index (χ0) is 33.2. The Bertz CT molecular complexity index is 782. The summed E-state index contributed by atoms with van der Waals surface area (Å²) in [6.45, 7) is 4.52. The molecule has 0 heterocycles. The van der Waals surface area contributed by atoms with Gasteiger partial charge in [-0.1, -0.05) is 170 Å². The Balaban J connectivity index is 2.10. The lowest BCUT2D eigenvalue weighted by Gasteiger charge is -2.38. The van der Waals surface area contributed by atoms with E-state index in [-0.39, 0.29) is 0 Å². The maximum Gasteiger partial charge on any atom is 0.144 e. The highest BCUT2D eigenvalue weighted by atomic mass is 16.3. The Labute approximate surface area is 286 Å². The van der Waals surface area contributed by atoms with Crippen LogP contribution in [-0.4, -0.2) is 10.8 Å². The lowest BCUT2D eigenvalue weighted by atomic mass is 9.73. The van der Waals surface area contributed by atoms with Crippen LogP contribution in [0, 0.1) is 11.8 Å². The highest BCUT2D eigenvalue weighted by molar-refractivity contribution is 4.94. The Morgan fingerprint density at radius 3 is 1.26 bits per heavy atom. The van der Waals surface area contributed by atoms with Crippen LogP contribution in [0.25, 0.3) is 10.4 Å². The van der Waals surface area contributed by atoms with Crippen molar-refractivity contribution in [2.24, 2.45) is 17.0 Å². The lowest BCUT2D eigenvalue weighted by molar-refractivity contribution is -0.0356. The van der Waals surface area contributed by atoms with Crippen LogP contribution in [0.15, 0.2) is 53.7 Å². The van der Waals surface area contributed by atoms with Crippen LogP contribution in [0.2, 0.25) is 0 Å². The molecule has 1 saturated carbocycles. The third-order valence-electron chi connectivity index (χ3n) is 9.75. The van der Waals surface area contributed by atoms with E-state index in [4.69, 9.17) is 5.53 Å². The molecule has 1 rings (SSSR count). The number of unbranched alkanes of at least 4 members (excludes halogenated alkanes) is 18. The minimum atomic E-state index is -1.17. The summed E-state index contributed by atoms with van der Waals surface area (Å²) in [6, 6.07) is 0. The maximum absolute atomic E-state index is 11.0. The van der Waals surface area contributed by atoms with Crippen molar-refractivity contribution in [3.63, 3.8) is 0 Å². The van der Waals surface area contributed by atoms with Gasteiger partial charge in [-0.25, -0.2) is 0 Å². The Hall–Kier alpha value is -1.77. The summed E-state index contributed by atoms with van der Waals surface area (Å²) in [7, 11) is 0. The van der Waals surface area contributed by atoms with Crippen LogP contribution in [0.3, 0.4) is 0 Å². The van der Waals surface area contributed by atoms with Crippen molar-refractivity contribution in [1.29, 1.82) is 0 Å². The molecule has 0 bridgehead atoms. The molecule has 4 heteroatoms. The molecule has 0 amide bonds. The number of nitrogens with zero attached hydrogens (tertiary/aromatic N) is 3. The maximum atomic E-state index is 11.0. The molecule has 0 radical (unpaired) electrons. The number of allylic oxidation sites excluding steroid dienone is 8. The Kier molecular flexibility index (Phi) is 29.2. The average molecular weight is 638 g/mol. The van der Waals surface area contributed by atoms with E-state index in [0.29, 0.717) is 24.7 Å². The zero-order valence-corrected chi connectivity index (χ0v) is 30.6. The third kappa shape index (κ3) is 26.3. The van der Waals surface area contributed by atoms with Crippen molar-refractivity contribution in [2.45, 2.75) is 206 Å². The fourth-order valence-corrected chi connectivity index (χ4v) is 7.09. The number of azide groups is 1. The third-order valence-corrected chi connectivity index (χ3v) is 9.75. The Morgan fingerprint density at radius 2 is 0.891 bits per heavy atom. The van der Waals surface area contributed by atoms with Gasteiger partial charge < -0.3 is 5.11 Å². The quantitative estimate of drug-likeness (QED) is 0.0265. The summed E-state index contributed by atoms with van der Waals surface area (Å²) in [6.07, 6.45) is 54.1. The molecule has 46 heavy (non-hydrogen) atoms. The molecule has 2 atom stereocenters. The second kappa shape index (κ2) is 31.8. The van der Waals surface area contributed by atoms with E-state index in [1.807, 2.05) is 0 Å². The SMILES string of the molecule is CCCCC/C=C\C/C=C\CCCCCCCCC1CC(CCCCCCCC/C=C\C/C=C\CCCCC)CC(O)(N=[N+]=[N-])C1. The van der Waals surface area contributed by atoms with Crippen LogP contribution in [0.5, 0.6) is 0 Å². The van der Waals surface area contributed by atoms with Crippen molar-refractivity contribution in [2.75, 3.05) is 0 Å². The molecule has 1 fully saturated rings. The van der Waals surface area contributed by atoms with Crippen molar-refractivity contribution in [1.82, 2.24) is 0 Å². The van der Waals surface area contributed by atoms with Gasteiger partial charge in [-0.15, -0.1) is 0 Å². The van der Waals surface area contributed by atoms with E-state index in [1.165, 1.54) is 148 Å². The number of hydrogen-bond acceptors (Lipinski definition) is 2. The van der Waals surface area contributed by atoms with Gasteiger partial charge in [0.15, 0.2) is 0 Å². The number of rotatable bonds is 31. The van der Waals surface area contributed by atoms with Gasteiger partial charge in [0.2, 0.25) is 0 Å². The first-order valence-electron chi connectivity index (χ1n) is 20.0. The molecule has 1 aliphatic rings. The fourth-order valence-electron chi connectivity index (χ4n) is 7.09. The molecule has 264 valence electrons. The first-order chi connectivity index (χ1) is 22.6. The highest BCUT2D eigenvalue weighted by Gasteiger charge is 2.38. The van der Waals surface area contributed by atoms with Crippen LogP contribution in [-0.2, 0) is 0 Å². The molecule has 4 nitrogen and oxygen atoms in total. The molecular formula is C42H75N3O. The zero-order valence-electron chi connectivity index (χ0n) is 30.6. The fraction of sp³-hybridized carbons (Fsp3) is 0.810. The molecule has 2 unspecified atom stereocenters. The molecule has 0 aromatic heterocycles. The monoisotopic (exact) mass is 638 g/mol. The predicted molar refractivity (Wildman–Crippen MR) is 203 cm³/mol. The second-order valence-corrected chi connectivity index (χ2v) is 14.3. The summed E-state index contributed by atoms with van der Waals surface area (Å²) >= 11 is 0. The molecule has 0 aromatic carbocycles. The van der Waals surface area contributed by atoms with Crippen molar-refractivity contribution < 1.29 is 5.11 Å². The van der Waals surface area contributed by atoms with Crippen LogP contribution < -0.4 is 0 Å². The Morgan fingerprint density at radius 1 is 0.543 bits per heavy atom. The van der Waals surface area contributed by atoms with E-state index < -0.39 is 5.72 Å². The number of aliphatic hydroxyl groups is 1. The molecule has 0 aromatic rings. The van der Waals surface area contributed by atoms with E-state index in [9.17, 15) is 5.11 Å². The van der Waals surface area contributed by atoms with Crippen molar-refractivity contribution in [3.05, 3.63) is 59.1 Å². The van der Waals surface area contributed by atoms with E-state index >= 15 is 0 Å². The van der Waals surface area contributed by atoms with Gasteiger partial charge >= 0.3 is 0 Å². The van der Waals surface area contributed by atoms with Gasteiger partial charge in [0, 0.05) is 4.91 Å². The summed E-state index contributed by atoms with van der Waals surface area (Å²) in [4.78, 5) is 3.02. The predicted octanol–water partition coefficient (Wildman–Crippen LogP) is 14.8. The summed E-state index contributed by atoms with van der Waals surface area (Å²) in [5.74, 6) is 0.981. The summed E-state index contributed by atoms with van der Waals surface area (Å²) in [5, 5.41) is 14.9. The van der Waals surface area contributed by atoms with Crippen LogP contribution in [0.4, 0.5) is 0 Å². The molecular weight excluding hydrogens is 562 g/mol. The van der Waals surface area contributed by atoms with Crippen LogP contribution >= 0.6 is 0 Å². The van der Waals surface area contributed by atoms with Gasteiger partial charge in [-0.3, -0.25) is 0 Å². The first-order valence-corrected chi connectivity index (χ1v) is 20.0. The van der Waals surface area contributed by atoms with Crippen molar-refractivity contribution >= 4 is 0 Å². The molecule has 0 aliphatic heterocycles. The largest absolute Gasteiger partial charge is 0.384 e. The normalized spacial score (nSPS) is 20.5. The first kappa shape index (κ1) is 42.3. The lowest BCUT2D eigenvalue weighted by Crippen LogP contribution is -2.37. The van der Waals surface area contributed by atoms with Gasteiger partial charge in [0.05, 0.1) is 0 Å². The van der Waals surface area contributed by atoms with Gasteiger partial charge in [0.1, 0.15) is 5.72 Å². The number of hydrogen-bond donors (Lipinski definition) is 1. The van der Waals surface area contributed by atoms with Gasteiger partial charge in [0.25, 0.3) is 0 Å². The van der Waals surface area contributed by atoms with Gasteiger partial charge in [-0.2, -0.15) is 0 Å². The van der Waals surface area contributed by atoms with E-state index in [0.717, 1.165) is 25.7 Å². The van der Waals surface area contributed by atoms with Crippen LogP contribution in [0.1, 0.15) is 200 Å².